The summed E-state index contributed by atoms with van der Waals surface area (Å²) in [7, 11) is 3.28. The number of rotatable bonds is 6. The molecule has 0 aliphatic rings. The Hall–Kier alpha value is -2.43. The van der Waals surface area contributed by atoms with Crippen molar-refractivity contribution in [1.82, 2.24) is 4.98 Å². The zero-order chi connectivity index (χ0) is 14.4. The van der Waals surface area contributed by atoms with E-state index in [1.54, 1.807) is 20.4 Å². The number of pyridine rings is 1. The van der Waals surface area contributed by atoms with Crippen molar-refractivity contribution < 1.29 is 9.47 Å². The predicted octanol–water partition coefficient (Wildman–Crippen LogP) is 3.27. The maximum Gasteiger partial charge on any atom is 0.142 e. The Balaban J connectivity index is 2.26. The normalized spacial score (nSPS) is 9.95. The number of ether oxygens (including phenoxy) is 2. The number of methoxy groups -OCH3 is 2. The van der Waals surface area contributed by atoms with E-state index in [1.165, 1.54) is 0 Å². The van der Waals surface area contributed by atoms with Crippen LogP contribution in [0, 0.1) is 0 Å². The molecule has 1 heterocycles. The topological polar surface area (TPSA) is 55.4 Å². The van der Waals surface area contributed by atoms with Crippen molar-refractivity contribution in [3.8, 4) is 11.5 Å². The highest BCUT2D eigenvalue weighted by molar-refractivity contribution is 5.69. The molecule has 2 rings (SSSR count). The van der Waals surface area contributed by atoms with Crippen molar-refractivity contribution >= 4 is 17.2 Å². The van der Waals surface area contributed by atoms with Gasteiger partial charge in [-0.1, -0.05) is 0 Å². The highest BCUT2D eigenvalue weighted by Gasteiger charge is 2.06. The molecule has 0 saturated carbocycles. The van der Waals surface area contributed by atoms with Crippen LogP contribution in [0.4, 0.5) is 17.2 Å². The zero-order valence-electron chi connectivity index (χ0n) is 11.9. The summed E-state index contributed by atoms with van der Waals surface area (Å²) in [5, 5.41) is 6.49. The van der Waals surface area contributed by atoms with Crippen LogP contribution in [0.2, 0.25) is 0 Å². The summed E-state index contributed by atoms with van der Waals surface area (Å²) in [5.41, 5.74) is 1.78. The van der Waals surface area contributed by atoms with Gasteiger partial charge >= 0.3 is 0 Å². The van der Waals surface area contributed by atoms with Gasteiger partial charge in [0.15, 0.2) is 0 Å². The van der Waals surface area contributed by atoms with E-state index in [0.29, 0.717) is 0 Å². The predicted molar refractivity (Wildman–Crippen MR) is 81.2 cm³/mol. The standard InChI is InChI=1S/C15H19N3O2/c1-4-16-15-9-11(7-8-17-15)18-13-10-12(19-2)5-6-14(13)20-3/h5-10H,4H2,1-3H3,(H2,16,17,18). The largest absolute Gasteiger partial charge is 0.497 e. The van der Waals surface area contributed by atoms with Gasteiger partial charge in [0.05, 0.1) is 19.9 Å². The van der Waals surface area contributed by atoms with Crippen LogP contribution in [0.5, 0.6) is 11.5 Å². The van der Waals surface area contributed by atoms with E-state index in [0.717, 1.165) is 35.2 Å². The SMILES string of the molecule is CCNc1cc(Nc2cc(OC)ccc2OC)ccn1. The second kappa shape index (κ2) is 6.65. The summed E-state index contributed by atoms with van der Waals surface area (Å²) < 4.78 is 10.6. The fourth-order valence-electron chi connectivity index (χ4n) is 1.85. The second-order valence-corrected chi connectivity index (χ2v) is 4.15. The van der Waals surface area contributed by atoms with E-state index in [-0.39, 0.29) is 0 Å². The van der Waals surface area contributed by atoms with Crippen molar-refractivity contribution in [3.05, 3.63) is 36.5 Å². The summed E-state index contributed by atoms with van der Waals surface area (Å²) in [4.78, 5) is 4.24. The van der Waals surface area contributed by atoms with E-state index in [4.69, 9.17) is 9.47 Å². The van der Waals surface area contributed by atoms with Gasteiger partial charge in [-0.05, 0) is 25.1 Å². The minimum absolute atomic E-state index is 0.757. The lowest BCUT2D eigenvalue weighted by molar-refractivity contribution is 0.405. The summed E-state index contributed by atoms with van der Waals surface area (Å²) in [6, 6.07) is 9.47. The number of nitrogens with one attached hydrogen (secondary N) is 2. The van der Waals surface area contributed by atoms with Gasteiger partial charge < -0.3 is 20.1 Å². The monoisotopic (exact) mass is 273 g/mol. The molecule has 0 unspecified atom stereocenters. The molecule has 0 spiro atoms. The molecule has 106 valence electrons. The zero-order valence-corrected chi connectivity index (χ0v) is 11.9. The molecule has 5 heteroatoms. The molecule has 0 radical (unpaired) electrons. The third-order valence-electron chi connectivity index (χ3n) is 2.80. The number of benzene rings is 1. The number of hydrogen-bond acceptors (Lipinski definition) is 5. The van der Waals surface area contributed by atoms with Crippen LogP contribution < -0.4 is 20.1 Å². The molecule has 1 aromatic carbocycles. The third-order valence-corrected chi connectivity index (χ3v) is 2.80. The van der Waals surface area contributed by atoms with Gasteiger partial charge in [-0.25, -0.2) is 4.98 Å². The molecule has 0 aliphatic heterocycles. The van der Waals surface area contributed by atoms with Crippen LogP contribution in [0.25, 0.3) is 0 Å². The number of nitrogens with zero attached hydrogens (tertiary/aromatic N) is 1. The maximum atomic E-state index is 5.35. The number of aromatic nitrogens is 1. The highest BCUT2D eigenvalue weighted by Crippen LogP contribution is 2.31. The summed E-state index contributed by atoms with van der Waals surface area (Å²) in [5.74, 6) is 2.36. The van der Waals surface area contributed by atoms with Crippen LogP contribution in [0.3, 0.4) is 0 Å². The quantitative estimate of drug-likeness (QED) is 0.846. The van der Waals surface area contributed by atoms with Gasteiger partial charge in [-0.15, -0.1) is 0 Å². The van der Waals surface area contributed by atoms with Gasteiger partial charge in [0.2, 0.25) is 0 Å². The minimum atomic E-state index is 0.757. The van der Waals surface area contributed by atoms with E-state index < -0.39 is 0 Å². The molecule has 2 N–H and O–H groups in total. The summed E-state index contributed by atoms with van der Waals surface area (Å²) >= 11 is 0. The lowest BCUT2D eigenvalue weighted by Gasteiger charge is -2.13. The molecule has 20 heavy (non-hydrogen) atoms. The van der Waals surface area contributed by atoms with Crippen LogP contribution >= 0.6 is 0 Å². The molecule has 1 aromatic heterocycles. The molecule has 2 aromatic rings. The van der Waals surface area contributed by atoms with Crippen molar-refractivity contribution in [2.45, 2.75) is 6.92 Å². The van der Waals surface area contributed by atoms with Crippen molar-refractivity contribution in [2.75, 3.05) is 31.4 Å². The van der Waals surface area contributed by atoms with Crippen LogP contribution in [0.15, 0.2) is 36.5 Å². The molecule has 0 saturated heterocycles. The first-order valence-electron chi connectivity index (χ1n) is 6.45. The van der Waals surface area contributed by atoms with Crippen molar-refractivity contribution in [1.29, 1.82) is 0 Å². The maximum absolute atomic E-state index is 5.35. The second-order valence-electron chi connectivity index (χ2n) is 4.15. The Bertz CT molecular complexity index is 573. The van der Waals surface area contributed by atoms with Gasteiger partial charge in [0.25, 0.3) is 0 Å². The Labute approximate surface area is 118 Å². The van der Waals surface area contributed by atoms with Gasteiger partial charge in [-0.3, -0.25) is 0 Å². The highest BCUT2D eigenvalue weighted by atomic mass is 16.5. The van der Waals surface area contributed by atoms with Gasteiger partial charge in [0.1, 0.15) is 17.3 Å². The van der Waals surface area contributed by atoms with E-state index in [1.807, 2.05) is 37.3 Å². The number of anilines is 3. The van der Waals surface area contributed by atoms with Crippen LogP contribution in [-0.4, -0.2) is 25.7 Å². The molecule has 0 fully saturated rings. The fourth-order valence-corrected chi connectivity index (χ4v) is 1.85. The average molecular weight is 273 g/mol. The van der Waals surface area contributed by atoms with Crippen LogP contribution in [0.1, 0.15) is 6.92 Å². The molecular formula is C15H19N3O2. The summed E-state index contributed by atoms with van der Waals surface area (Å²) in [6.07, 6.45) is 1.76. The smallest absolute Gasteiger partial charge is 0.142 e. The average Bonchev–Trinajstić information content (AvgIpc) is 2.48. The molecule has 5 nitrogen and oxygen atoms in total. The van der Waals surface area contributed by atoms with E-state index >= 15 is 0 Å². The molecular weight excluding hydrogens is 254 g/mol. The van der Waals surface area contributed by atoms with Crippen LogP contribution in [-0.2, 0) is 0 Å². The lowest BCUT2D eigenvalue weighted by Crippen LogP contribution is -2.00. The fraction of sp³-hybridized carbons (Fsp3) is 0.267. The van der Waals surface area contributed by atoms with E-state index in [2.05, 4.69) is 15.6 Å². The first-order valence-corrected chi connectivity index (χ1v) is 6.45. The van der Waals surface area contributed by atoms with Crippen molar-refractivity contribution in [3.63, 3.8) is 0 Å². The molecule has 0 bridgehead atoms. The van der Waals surface area contributed by atoms with E-state index in [9.17, 15) is 0 Å². The number of hydrogen-bond donors (Lipinski definition) is 2. The molecule has 0 amide bonds. The summed E-state index contributed by atoms with van der Waals surface area (Å²) in [6.45, 7) is 2.87. The lowest BCUT2D eigenvalue weighted by atomic mass is 10.2. The Morgan fingerprint density at radius 2 is 1.95 bits per heavy atom. The third kappa shape index (κ3) is 3.32. The van der Waals surface area contributed by atoms with Gasteiger partial charge in [-0.2, -0.15) is 0 Å². The van der Waals surface area contributed by atoms with Crippen molar-refractivity contribution in [2.24, 2.45) is 0 Å². The molecule has 0 aliphatic carbocycles. The Morgan fingerprint density at radius 3 is 2.65 bits per heavy atom. The Morgan fingerprint density at radius 1 is 1.10 bits per heavy atom. The first kappa shape index (κ1) is 14.0. The first-order chi connectivity index (χ1) is 9.76. The Kier molecular flexibility index (Phi) is 4.65. The van der Waals surface area contributed by atoms with Gasteiger partial charge in [0, 0.05) is 30.6 Å². The minimum Gasteiger partial charge on any atom is -0.497 e. The molecule has 0 atom stereocenters.